The fraction of sp³-hybridized carbons (Fsp3) is 0.833. The zero-order chi connectivity index (χ0) is 16.0. The summed E-state index contributed by atoms with van der Waals surface area (Å²) in [6.45, 7) is 3.70. The number of fused-ring (bicyclic) bond motifs is 2. The Morgan fingerprint density at radius 2 is 2.13 bits per heavy atom. The molecule has 2 aliphatic carbocycles. The largest absolute Gasteiger partial charge is 0.382 e. The van der Waals surface area contributed by atoms with Gasteiger partial charge in [-0.15, -0.1) is 0 Å². The minimum Gasteiger partial charge on any atom is -0.382 e. The van der Waals surface area contributed by atoms with E-state index in [0.717, 1.165) is 12.5 Å². The molecule has 0 saturated heterocycles. The highest BCUT2D eigenvalue weighted by atomic mass is 16.5. The van der Waals surface area contributed by atoms with Gasteiger partial charge in [-0.2, -0.15) is 5.10 Å². The second kappa shape index (κ2) is 8.27. The van der Waals surface area contributed by atoms with Gasteiger partial charge in [0.05, 0.1) is 32.5 Å². The Labute approximate surface area is 139 Å². The molecule has 0 aliphatic heterocycles. The van der Waals surface area contributed by atoms with Crippen LogP contribution >= 0.6 is 0 Å². The maximum atomic E-state index is 6.15. The highest BCUT2D eigenvalue weighted by molar-refractivity contribution is 4.95. The zero-order valence-electron chi connectivity index (χ0n) is 14.3. The van der Waals surface area contributed by atoms with Crippen LogP contribution in [0.1, 0.15) is 38.5 Å². The number of hydrogen-bond donors (Lipinski definition) is 0. The van der Waals surface area contributed by atoms with Gasteiger partial charge in [-0.3, -0.25) is 4.68 Å². The van der Waals surface area contributed by atoms with E-state index in [4.69, 9.17) is 14.2 Å². The lowest BCUT2D eigenvalue weighted by molar-refractivity contribution is -0.0775. The first kappa shape index (κ1) is 16.9. The van der Waals surface area contributed by atoms with Crippen LogP contribution in [0.2, 0.25) is 0 Å². The smallest absolute Gasteiger partial charge is 0.0704 e. The van der Waals surface area contributed by atoms with Crippen molar-refractivity contribution < 1.29 is 14.2 Å². The van der Waals surface area contributed by atoms with Crippen LogP contribution in [0.5, 0.6) is 0 Å². The first-order chi connectivity index (χ1) is 11.3. The van der Waals surface area contributed by atoms with Crippen molar-refractivity contribution >= 4 is 0 Å². The third kappa shape index (κ3) is 4.78. The van der Waals surface area contributed by atoms with Gasteiger partial charge >= 0.3 is 0 Å². The van der Waals surface area contributed by atoms with Gasteiger partial charge in [-0.25, -0.2) is 0 Å². The number of methoxy groups -OCH3 is 1. The Morgan fingerprint density at radius 3 is 2.96 bits per heavy atom. The number of hydrogen-bond acceptors (Lipinski definition) is 4. The average molecular weight is 322 g/mol. The zero-order valence-corrected chi connectivity index (χ0v) is 14.3. The van der Waals surface area contributed by atoms with Crippen LogP contribution in [0.25, 0.3) is 0 Å². The van der Waals surface area contributed by atoms with Crippen LogP contribution in [0.15, 0.2) is 18.5 Å². The molecule has 130 valence electrons. The molecule has 2 bridgehead atoms. The van der Waals surface area contributed by atoms with E-state index in [1.807, 2.05) is 12.3 Å². The monoisotopic (exact) mass is 322 g/mol. The Bertz CT molecular complexity index is 451. The molecule has 2 saturated carbocycles. The van der Waals surface area contributed by atoms with E-state index in [-0.39, 0.29) is 0 Å². The van der Waals surface area contributed by atoms with Crippen LogP contribution in [0.3, 0.4) is 0 Å². The van der Waals surface area contributed by atoms with Crippen molar-refractivity contribution in [1.82, 2.24) is 9.78 Å². The van der Waals surface area contributed by atoms with E-state index in [9.17, 15) is 0 Å². The third-order valence-corrected chi connectivity index (χ3v) is 5.37. The highest BCUT2D eigenvalue weighted by Crippen LogP contribution is 2.50. The molecule has 1 aromatic heterocycles. The molecule has 0 amide bonds. The van der Waals surface area contributed by atoms with Crippen molar-refractivity contribution in [3.8, 4) is 0 Å². The summed E-state index contributed by atoms with van der Waals surface area (Å²) < 4.78 is 18.7. The van der Waals surface area contributed by atoms with Gasteiger partial charge in [0, 0.05) is 26.0 Å². The molecule has 2 fully saturated rings. The number of rotatable bonds is 9. The third-order valence-electron chi connectivity index (χ3n) is 5.37. The molecule has 3 rings (SSSR count). The van der Waals surface area contributed by atoms with Crippen LogP contribution in [0, 0.1) is 11.3 Å². The van der Waals surface area contributed by atoms with Crippen LogP contribution < -0.4 is 0 Å². The van der Waals surface area contributed by atoms with E-state index >= 15 is 0 Å². The normalized spacial score (nSPS) is 30.5. The summed E-state index contributed by atoms with van der Waals surface area (Å²) in [5.41, 5.74) is 0.384. The average Bonchev–Trinajstić information content (AvgIpc) is 3.03. The molecule has 0 radical (unpaired) electrons. The van der Waals surface area contributed by atoms with Gasteiger partial charge in [0.15, 0.2) is 0 Å². The maximum Gasteiger partial charge on any atom is 0.0704 e. The fourth-order valence-corrected chi connectivity index (χ4v) is 4.50. The molecular formula is C18H30N2O3. The van der Waals surface area contributed by atoms with Crippen molar-refractivity contribution in [3.05, 3.63) is 18.5 Å². The van der Waals surface area contributed by atoms with Crippen LogP contribution in [-0.4, -0.2) is 49.4 Å². The SMILES string of the molecule is COCCOCCOC1CC2CCCC(Cn3cccn3)(C2)C1. The van der Waals surface area contributed by atoms with Gasteiger partial charge in [-0.1, -0.05) is 12.8 Å². The topological polar surface area (TPSA) is 45.5 Å². The molecule has 1 aromatic rings. The Balaban J connectivity index is 1.48. The molecule has 3 unspecified atom stereocenters. The van der Waals surface area contributed by atoms with E-state index in [2.05, 4.69) is 16.0 Å². The Morgan fingerprint density at radius 1 is 1.22 bits per heavy atom. The highest BCUT2D eigenvalue weighted by Gasteiger charge is 2.43. The number of ether oxygens (including phenoxy) is 3. The van der Waals surface area contributed by atoms with Gasteiger partial charge < -0.3 is 14.2 Å². The number of nitrogens with zero attached hydrogens (tertiary/aromatic N) is 2. The summed E-state index contributed by atoms with van der Waals surface area (Å²) in [4.78, 5) is 0. The summed E-state index contributed by atoms with van der Waals surface area (Å²) >= 11 is 0. The number of aromatic nitrogens is 2. The standard InChI is InChI=1S/C18H30N2O3/c1-21-8-9-22-10-11-23-17-12-16-4-2-5-18(13-16,14-17)15-20-7-3-6-19-20/h3,6-7,16-17H,2,4-5,8-15H2,1H3. The molecule has 0 N–H and O–H groups in total. The Kier molecular flexibility index (Phi) is 6.08. The quantitative estimate of drug-likeness (QED) is 0.656. The molecular weight excluding hydrogens is 292 g/mol. The summed E-state index contributed by atoms with van der Waals surface area (Å²) in [6.07, 6.45) is 12.1. The van der Waals surface area contributed by atoms with Crippen molar-refractivity contribution in [2.75, 3.05) is 33.5 Å². The van der Waals surface area contributed by atoms with E-state index in [1.54, 1.807) is 7.11 Å². The minimum absolute atomic E-state index is 0.384. The lowest BCUT2D eigenvalue weighted by Crippen LogP contribution is -2.43. The van der Waals surface area contributed by atoms with E-state index < -0.39 is 0 Å². The van der Waals surface area contributed by atoms with Crippen molar-refractivity contribution in [2.45, 2.75) is 51.2 Å². The van der Waals surface area contributed by atoms with Crippen LogP contribution in [-0.2, 0) is 20.8 Å². The molecule has 1 heterocycles. The molecule has 5 nitrogen and oxygen atoms in total. The van der Waals surface area contributed by atoms with Crippen molar-refractivity contribution in [1.29, 1.82) is 0 Å². The van der Waals surface area contributed by atoms with Gasteiger partial charge in [0.2, 0.25) is 0 Å². The van der Waals surface area contributed by atoms with Gasteiger partial charge in [0.1, 0.15) is 0 Å². The molecule has 0 spiro atoms. The molecule has 23 heavy (non-hydrogen) atoms. The summed E-state index contributed by atoms with van der Waals surface area (Å²) in [6, 6.07) is 2.02. The molecule has 0 aromatic carbocycles. The Hall–Kier alpha value is -0.910. The summed E-state index contributed by atoms with van der Waals surface area (Å²) in [7, 11) is 1.69. The molecule has 3 atom stereocenters. The predicted octanol–water partition coefficient (Wildman–Crippen LogP) is 2.90. The van der Waals surface area contributed by atoms with Crippen molar-refractivity contribution in [3.63, 3.8) is 0 Å². The minimum atomic E-state index is 0.384. The molecule has 5 heteroatoms. The van der Waals surface area contributed by atoms with E-state index in [1.165, 1.54) is 38.5 Å². The first-order valence-electron chi connectivity index (χ1n) is 8.95. The first-order valence-corrected chi connectivity index (χ1v) is 8.95. The predicted molar refractivity (Wildman–Crippen MR) is 88.3 cm³/mol. The second-order valence-corrected chi connectivity index (χ2v) is 7.20. The van der Waals surface area contributed by atoms with Gasteiger partial charge in [0.25, 0.3) is 0 Å². The summed E-state index contributed by atoms with van der Waals surface area (Å²) in [5, 5.41) is 4.43. The van der Waals surface area contributed by atoms with Gasteiger partial charge in [-0.05, 0) is 43.1 Å². The van der Waals surface area contributed by atoms with E-state index in [0.29, 0.717) is 37.9 Å². The molecule has 2 aliphatic rings. The van der Waals surface area contributed by atoms with Crippen LogP contribution in [0.4, 0.5) is 0 Å². The van der Waals surface area contributed by atoms with Crippen molar-refractivity contribution in [2.24, 2.45) is 11.3 Å². The second-order valence-electron chi connectivity index (χ2n) is 7.20. The maximum absolute atomic E-state index is 6.15. The lowest BCUT2D eigenvalue weighted by atomic mass is 9.61. The lowest BCUT2D eigenvalue weighted by Gasteiger charge is -2.48. The summed E-state index contributed by atoms with van der Waals surface area (Å²) in [5.74, 6) is 0.826. The fourth-order valence-electron chi connectivity index (χ4n) is 4.50.